The van der Waals surface area contributed by atoms with Crippen LogP contribution < -0.4 is 4.74 Å². The second-order valence-electron chi connectivity index (χ2n) is 3.66. The number of halogens is 3. The Hall–Kier alpha value is -1.75. The number of ether oxygens (including phenoxy) is 1. The summed E-state index contributed by atoms with van der Waals surface area (Å²) in [6.07, 6.45) is -4.89. The van der Waals surface area contributed by atoms with Crippen LogP contribution in [0, 0.1) is 17.2 Å². The zero-order chi connectivity index (χ0) is 14.7. The van der Waals surface area contributed by atoms with E-state index in [1.165, 1.54) is 25.3 Å². The Labute approximate surface area is 108 Å². The first kappa shape index (κ1) is 15.3. The van der Waals surface area contributed by atoms with Crippen molar-refractivity contribution in [3.05, 3.63) is 24.3 Å². The SMILES string of the molecule is COc1ccccc1S(=O)(=O)CC(C#N)C(F)(F)F. The number of benzene rings is 1. The van der Waals surface area contributed by atoms with E-state index in [1.807, 2.05) is 0 Å². The Morgan fingerprint density at radius 3 is 2.42 bits per heavy atom. The molecule has 8 heteroatoms. The van der Waals surface area contributed by atoms with Crippen molar-refractivity contribution in [3.8, 4) is 11.8 Å². The van der Waals surface area contributed by atoms with Crippen LogP contribution in [0.4, 0.5) is 13.2 Å². The van der Waals surface area contributed by atoms with Crippen LogP contribution in [0.1, 0.15) is 0 Å². The van der Waals surface area contributed by atoms with Crippen LogP contribution in [0.3, 0.4) is 0 Å². The highest BCUT2D eigenvalue weighted by Crippen LogP contribution is 2.31. The maximum Gasteiger partial charge on any atom is 0.405 e. The number of sulfone groups is 1. The normalized spacial score (nSPS) is 13.6. The van der Waals surface area contributed by atoms with E-state index in [0.29, 0.717) is 0 Å². The van der Waals surface area contributed by atoms with Crippen molar-refractivity contribution in [2.24, 2.45) is 5.92 Å². The van der Waals surface area contributed by atoms with Crippen LogP contribution in [-0.2, 0) is 9.84 Å². The quantitative estimate of drug-likeness (QED) is 0.853. The lowest BCUT2D eigenvalue weighted by Crippen LogP contribution is -2.29. The van der Waals surface area contributed by atoms with Crippen LogP contribution in [0.2, 0.25) is 0 Å². The second kappa shape index (κ2) is 5.48. The Morgan fingerprint density at radius 2 is 1.95 bits per heavy atom. The lowest BCUT2D eigenvalue weighted by molar-refractivity contribution is -0.153. The summed E-state index contributed by atoms with van der Waals surface area (Å²) in [6, 6.07) is 6.27. The Bertz CT molecular complexity index is 590. The summed E-state index contributed by atoms with van der Waals surface area (Å²) in [5.41, 5.74) is 0. The van der Waals surface area contributed by atoms with Gasteiger partial charge in [-0.1, -0.05) is 12.1 Å². The van der Waals surface area contributed by atoms with Gasteiger partial charge in [0.15, 0.2) is 15.8 Å². The number of hydrogen-bond donors (Lipinski definition) is 0. The Morgan fingerprint density at radius 1 is 1.37 bits per heavy atom. The van der Waals surface area contributed by atoms with Crippen LogP contribution >= 0.6 is 0 Å². The van der Waals surface area contributed by atoms with Gasteiger partial charge in [-0.2, -0.15) is 18.4 Å². The van der Waals surface area contributed by atoms with E-state index in [9.17, 15) is 21.6 Å². The molecule has 0 aliphatic rings. The number of nitrogens with zero attached hydrogens (tertiary/aromatic N) is 1. The van der Waals surface area contributed by atoms with Gasteiger partial charge in [-0.3, -0.25) is 0 Å². The molecule has 0 N–H and O–H groups in total. The van der Waals surface area contributed by atoms with Gasteiger partial charge < -0.3 is 4.74 Å². The van der Waals surface area contributed by atoms with Gasteiger partial charge in [0.1, 0.15) is 10.6 Å². The molecule has 1 aromatic rings. The predicted molar refractivity (Wildman–Crippen MR) is 60.2 cm³/mol. The molecule has 0 aliphatic carbocycles. The summed E-state index contributed by atoms with van der Waals surface area (Å²) in [6.45, 7) is 0. The number of nitriles is 1. The monoisotopic (exact) mass is 293 g/mol. The van der Waals surface area contributed by atoms with Gasteiger partial charge >= 0.3 is 6.18 Å². The van der Waals surface area contributed by atoms with Gasteiger partial charge in [0.2, 0.25) is 0 Å². The summed E-state index contributed by atoms with van der Waals surface area (Å²) < 4.78 is 65.9. The molecule has 0 saturated heterocycles. The third-order valence-electron chi connectivity index (χ3n) is 2.34. The first-order chi connectivity index (χ1) is 8.72. The molecule has 0 saturated carbocycles. The summed E-state index contributed by atoms with van der Waals surface area (Å²) in [5, 5.41) is 8.43. The lowest BCUT2D eigenvalue weighted by atomic mass is 10.2. The molecule has 0 spiro atoms. The van der Waals surface area contributed by atoms with Crippen molar-refractivity contribution in [1.82, 2.24) is 0 Å². The maximum absolute atomic E-state index is 12.4. The van der Waals surface area contributed by atoms with Gasteiger partial charge in [-0.05, 0) is 12.1 Å². The molecule has 1 unspecified atom stereocenters. The fourth-order valence-electron chi connectivity index (χ4n) is 1.39. The van der Waals surface area contributed by atoms with Gasteiger partial charge in [0, 0.05) is 0 Å². The summed E-state index contributed by atoms with van der Waals surface area (Å²) in [4.78, 5) is -0.359. The van der Waals surface area contributed by atoms with E-state index >= 15 is 0 Å². The minimum atomic E-state index is -4.89. The summed E-state index contributed by atoms with van der Waals surface area (Å²) in [7, 11) is -3.06. The average Bonchev–Trinajstić information content (AvgIpc) is 2.34. The van der Waals surface area contributed by atoms with Gasteiger partial charge in [0.25, 0.3) is 0 Å². The second-order valence-corrected chi connectivity index (χ2v) is 5.66. The topological polar surface area (TPSA) is 67.2 Å². The number of para-hydroxylation sites is 1. The maximum atomic E-state index is 12.4. The van der Waals surface area contributed by atoms with Crippen LogP contribution in [0.25, 0.3) is 0 Å². The highest BCUT2D eigenvalue weighted by molar-refractivity contribution is 7.91. The molecule has 104 valence electrons. The molecule has 0 bridgehead atoms. The van der Waals surface area contributed by atoms with Crippen molar-refractivity contribution < 1.29 is 26.3 Å². The Balaban J connectivity index is 3.16. The van der Waals surface area contributed by atoms with Crippen molar-refractivity contribution in [1.29, 1.82) is 5.26 Å². The third kappa shape index (κ3) is 3.61. The molecule has 1 rings (SSSR count). The molecule has 0 heterocycles. The van der Waals surface area contributed by atoms with Crippen LogP contribution in [0.15, 0.2) is 29.2 Å². The number of rotatable bonds is 4. The number of hydrogen-bond acceptors (Lipinski definition) is 4. The fraction of sp³-hybridized carbons (Fsp3) is 0.364. The van der Waals surface area contributed by atoms with Crippen LogP contribution in [0.5, 0.6) is 5.75 Å². The molecule has 0 aromatic heterocycles. The van der Waals surface area contributed by atoms with Crippen molar-refractivity contribution in [3.63, 3.8) is 0 Å². The highest BCUT2D eigenvalue weighted by atomic mass is 32.2. The average molecular weight is 293 g/mol. The molecule has 0 amide bonds. The standard InChI is InChI=1S/C11H10F3NO3S/c1-18-9-4-2-3-5-10(9)19(16,17)7-8(6-15)11(12,13)14/h2-5,8H,7H2,1H3. The van der Waals surface area contributed by atoms with E-state index < -0.39 is 27.7 Å². The van der Waals surface area contributed by atoms with Gasteiger partial charge in [-0.25, -0.2) is 8.42 Å². The van der Waals surface area contributed by atoms with Crippen LogP contribution in [-0.4, -0.2) is 27.5 Å². The van der Waals surface area contributed by atoms with Gasteiger partial charge in [-0.15, -0.1) is 0 Å². The van der Waals surface area contributed by atoms with Crippen molar-refractivity contribution in [2.45, 2.75) is 11.1 Å². The molecule has 0 radical (unpaired) electrons. The van der Waals surface area contributed by atoms with E-state index in [1.54, 1.807) is 0 Å². The largest absolute Gasteiger partial charge is 0.495 e. The fourth-order valence-corrected chi connectivity index (χ4v) is 3.02. The van der Waals surface area contributed by atoms with Crippen molar-refractivity contribution >= 4 is 9.84 Å². The minimum absolute atomic E-state index is 0.0543. The molecule has 1 atom stereocenters. The molecular formula is C11H10F3NO3S. The smallest absolute Gasteiger partial charge is 0.405 e. The number of alkyl halides is 3. The zero-order valence-corrected chi connectivity index (χ0v) is 10.6. The number of methoxy groups -OCH3 is 1. The molecule has 0 fully saturated rings. The van der Waals surface area contributed by atoms with Gasteiger partial charge in [0.05, 0.1) is 18.9 Å². The van der Waals surface area contributed by atoms with Crippen molar-refractivity contribution in [2.75, 3.05) is 12.9 Å². The summed E-state index contributed by atoms with van der Waals surface area (Å²) >= 11 is 0. The van der Waals surface area contributed by atoms with E-state index in [4.69, 9.17) is 10.00 Å². The van der Waals surface area contributed by atoms with E-state index in [2.05, 4.69) is 0 Å². The molecule has 1 aromatic carbocycles. The van der Waals surface area contributed by atoms with E-state index in [0.717, 1.165) is 12.1 Å². The lowest BCUT2D eigenvalue weighted by Gasteiger charge is -2.14. The molecular weight excluding hydrogens is 283 g/mol. The molecule has 4 nitrogen and oxygen atoms in total. The molecule has 19 heavy (non-hydrogen) atoms. The van der Waals surface area contributed by atoms with E-state index in [-0.39, 0.29) is 10.6 Å². The zero-order valence-electron chi connectivity index (χ0n) is 9.81. The Kier molecular flexibility index (Phi) is 4.42. The summed E-state index contributed by atoms with van der Waals surface area (Å²) in [5.74, 6) is -3.95. The first-order valence-electron chi connectivity index (χ1n) is 5.04. The highest BCUT2D eigenvalue weighted by Gasteiger charge is 2.43. The molecule has 0 aliphatic heterocycles. The minimum Gasteiger partial charge on any atom is -0.495 e. The third-order valence-corrected chi connectivity index (χ3v) is 4.12. The predicted octanol–water partition coefficient (Wildman–Crippen LogP) is 2.17. The first-order valence-corrected chi connectivity index (χ1v) is 6.69.